The molecule has 0 spiro atoms. The average molecular weight is 401 g/mol. The summed E-state index contributed by atoms with van der Waals surface area (Å²) >= 11 is 0. The summed E-state index contributed by atoms with van der Waals surface area (Å²) in [5, 5.41) is 0. The van der Waals surface area contributed by atoms with Gasteiger partial charge in [0.15, 0.2) is 0 Å². The van der Waals surface area contributed by atoms with Gasteiger partial charge in [0.05, 0.1) is 17.1 Å². The summed E-state index contributed by atoms with van der Waals surface area (Å²) in [5.41, 5.74) is 3.25. The van der Waals surface area contributed by atoms with E-state index in [0.717, 1.165) is 24.1 Å². The molecule has 28 heavy (non-hydrogen) atoms. The molecule has 2 aliphatic carbocycles. The quantitative estimate of drug-likeness (QED) is 0.720. The highest BCUT2D eigenvalue weighted by Gasteiger charge is 2.30. The minimum absolute atomic E-state index is 0.151. The summed E-state index contributed by atoms with van der Waals surface area (Å²) in [7, 11) is -3.59. The van der Waals surface area contributed by atoms with Crippen molar-refractivity contribution < 1.29 is 17.6 Å². The van der Waals surface area contributed by atoms with Crippen molar-refractivity contribution in [2.24, 2.45) is 5.92 Å². The second-order valence-electron chi connectivity index (χ2n) is 7.09. The smallest absolute Gasteiger partial charge is 0.237 e. The van der Waals surface area contributed by atoms with E-state index in [0.29, 0.717) is 23.4 Å². The summed E-state index contributed by atoms with van der Waals surface area (Å²) in [5.74, 6) is -0.710. The summed E-state index contributed by atoms with van der Waals surface area (Å²) in [4.78, 5) is 20.7. The van der Waals surface area contributed by atoms with Crippen molar-refractivity contribution in [3.8, 4) is 11.3 Å². The zero-order chi connectivity index (χ0) is 19.9. The Labute approximate surface area is 163 Å². The number of aromatic nitrogens is 2. The van der Waals surface area contributed by atoms with Crippen LogP contribution >= 0.6 is 0 Å². The third kappa shape index (κ3) is 3.82. The van der Waals surface area contributed by atoms with Gasteiger partial charge in [-0.15, -0.1) is 0 Å². The van der Waals surface area contributed by atoms with Gasteiger partial charge < -0.3 is 0 Å². The number of sulfonamides is 1. The average Bonchev–Trinajstić information content (AvgIpc) is 3.41. The van der Waals surface area contributed by atoms with Crippen LogP contribution in [0, 0.1) is 11.9 Å². The number of carbonyl (C=O) groups excluding carboxylic acids is 1. The Morgan fingerprint density at radius 3 is 2.75 bits per heavy atom. The number of nitrogens with one attached hydrogen (secondary N) is 1. The molecule has 2 heterocycles. The highest BCUT2D eigenvalue weighted by molar-refractivity contribution is 7.92. The first-order valence-electron chi connectivity index (χ1n) is 9.25. The highest BCUT2D eigenvalue weighted by atomic mass is 32.2. The Kier molecular flexibility index (Phi) is 4.74. The fourth-order valence-corrected chi connectivity index (χ4v) is 3.86. The summed E-state index contributed by atoms with van der Waals surface area (Å²) in [6.45, 7) is 1.47. The largest absolute Gasteiger partial charge is 0.299 e. The highest BCUT2D eigenvalue weighted by Crippen LogP contribution is 2.34. The maximum Gasteiger partial charge on any atom is 0.237 e. The molecule has 2 aromatic heterocycles. The van der Waals surface area contributed by atoms with Crippen molar-refractivity contribution in [2.45, 2.75) is 32.6 Å². The first-order chi connectivity index (χ1) is 13.4. The Hall–Kier alpha value is -2.61. The van der Waals surface area contributed by atoms with Gasteiger partial charge in [0.2, 0.25) is 16.0 Å². The van der Waals surface area contributed by atoms with Crippen LogP contribution in [0.4, 0.5) is 10.1 Å². The fourth-order valence-electron chi connectivity index (χ4n) is 3.23. The summed E-state index contributed by atoms with van der Waals surface area (Å²) in [6.07, 6.45) is 6.69. The van der Waals surface area contributed by atoms with E-state index in [1.54, 1.807) is 12.1 Å². The van der Waals surface area contributed by atoms with Crippen LogP contribution in [0.2, 0.25) is 0 Å². The number of fused-ring (bicyclic) bond motifs is 1. The molecule has 2 aliphatic rings. The number of allylic oxidation sites excluding steroid dienone is 1. The third-order valence-corrected chi connectivity index (χ3v) is 6.24. The van der Waals surface area contributed by atoms with Crippen molar-refractivity contribution in [2.75, 3.05) is 10.5 Å². The fraction of sp³-hybridized carbons (Fsp3) is 0.350. The molecule has 6 nitrogen and oxygen atoms in total. The molecule has 0 amide bonds. The van der Waals surface area contributed by atoms with Gasteiger partial charge in [0.1, 0.15) is 11.5 Å². The number of nitrogens with zero attached hydrogens (tertiary/aromatic N) is 2. The summed E-state index contributed by atoms with van der Waals surface area (Å²) < 4.78 is 40.0. The number of anilines is 1. The van der Waals surface area contributed by atoms with Crippen LogP contribution in [0.1, 0.15) is 36.7 Å². The van der Waals surface area contributed by atoms with Gasteiger partial charge in [-0.25, -0.2) is 13.4 Å². The van der Waals surface area contributed by atoms with E-state index in [2.05, 4.69) is 14.7 Å². The Balaban J connectivity index is 1.70. The Morgan fingerprint density at radius 2 is 2.07 bits per heavy atom. The molecule has 1 fully saturated rings. The predicted molar refractivity (Wildman–Crippen MR) is 105 cm³/mol. The molecular formula is C20H20FN3O3S. The lowest BCUT2D eigenvalue weighted by Crippen LogP contribution is -2.16. The van der Waals surface area contributed by atoms with E-state index in [-0.39, 0.29) is 29.6 Å². The van der Waals surface area contributed by atoms with Gasteiger partial charge in [-0.2, -0.15) is 4.39 Å². The number of pyridine rings is 2. The second-order valence-corrected chi connectivity index (χ2v) is 9.10. The monoisotopic (exact) mass is 401 g/mol. The van der Waals surface area contributed by atoms with Crippen LogP contribution in [0.25, 0.3) is 17.3 Å². The van der Waals surface area contributed by atoms with E-state index in [1.165, 1.54) is 13.0 Å². The van der Waals surface area contributed by atoms with Gasteiger partial charge in [-0.05, 0) is 38.0 Å². The maximum absolute atomic E-state index is 14.5. The SMILES string of the molecule is CCS(=O)(=O)Nc1ccc(-c2cc(CC(=O)C3CC3)nc3c2C=CC3)nc1F. The standard InChI is InChI=1S/C20H20FN3O3S/c1-2-28(26,27)24-18-9-8-17(23-20(18)21)15-10-13(11-19(25)12-6-7-12)22-16-5-3-4-14(15)16/h3-4,8-10,12,24H,2,5-7,11H2,1H3. The van der Waals surface area contributed by atoms with Crippen molar-refractivity contribution in [3.05, 3.63) is 47.2 Å². The van der Waals surface area contributed by atoms with E-state index >= 15 is 0 Å². The molecule has 0 aliphatic heterocycles. The van der Waals surface area contributed by atoms with Gasteiger partial charge >= 0.3 is 0 Å². The van der Waals surface area contributed by atoms with E-state index in [4.69, 9.17) is 0 Å². The van der Waals surface area contributed by atoms with Crippen LogP contribution in [-0.4, -0.2) is 29.9 Å². The first kappa shape index (κ1) is 18.7. The Bertz CT molecular complexity index is 1090. The normalized spacial score (nSPS) is 15.5. The number of hydrogen-bond donors (Lipinski definition) is 1. The Morgan fingerprint density at radius 1 is 1.29 bits per heavy atom. The van der Waals surface area contributed by atoms with Crippen molar-refractivity contribution >= 4 is 27.6 Å². The van der Waals surface area contributed by atoms with Gasteiger partial charge in [-0.1, -0.05) is 12.2 Å². The minimum atomic E-state index is -3.59. The van der Waals surface area contributed by atoms with Crippen LogP contribution in [0.15, 0.2) is 24.3 Å². The van der Waals surface area contributed by atoms with Crippen molar-refractivity contribution in [1.82, 2.24) is 9.97 Å². The molecule has 8 heteroatoms. The molecule has 4 rings (SSSR count). The molecule has 146 valence electrons. The zero-order valence-corrected chi connectivity index (χ0v) is 16.2. The number of rotatable bonds is 7. The first-order valence-corrected chi connectivity index (χ1v) is 10.9. The molecule has 0 saturated heterocycles. The number of hydrogen-bond acceptors (Lipinski definition) is 5. The molecule has 0 radical (unpaired) electrons. The van der Waals surface area contributed by atoms with Crippen molar-refractivity contribution in [3.63, 3.8) is 0 Å². The lowest BCUT2D eigenvalue weighted by Gasteiger charge is -2.12. The molecular weight excluding hydrogens is 381 g/mol. The number of carbonyl (C=O) groups is 1. The molecule has 1 saturated carbocycles. The van der Waals surface area contributed by atoms with Gasteiger partial charge in [-0.3, -0.25) is 14.5 Å². The number of ketones is 1. The topological polar surface area (TPSA) is 89.0 Å². The molecule has 0 aromatic carbocycles. The second kappa shape index (κ2) is 7.09. The van der Waals surface area contributed by atoms with E-state index in [1.807, 2.05) is 12.2 Å². The van der Waals surface area contributed by atoms with Crippen LogP contribution in [0.3, 0.4) is 0 Å². The maximum atomic E-state index is 14.5. The molecule has 1 N–H and O–H groups in total. The molecule has 0 bridgehead atoms. The predicted octanol–water partition coefficient (Wildman–Crippen LogP) is 3.14. The van der Waals surface area contributed by atoms with Crippen LogP contribution in [-0.2, 0) is 27.7 Å². The van der Waals surface area contributed by atoms with Crippen LogP contribution in [0.5, 0.6) is 0 Å². The lowest BCUT2D eigenvalue weighted by atomic mass is 10.0. The van der Waals surface area contributed by atoms with Crippen LogP contribution < -0.4 is 4.72 Å². The number of Topliss-reactive ketones (excluding diaryl/α,β-unsaturated/α-hetero) is 1. The van der Waals surface area contributed by atoms with Gasteiger partial charge in [0, 0.05) is 35.6 Å². The molecule has 2 aromatic rings. The molecule has 0 unspecified atom stereocenters. The van der Waals surface area contributed by atoms with E-state index in [9.17, 15) is 17.6 Å². The molecule has 0 atom stereocenters. The summed E-state index contributed by atoms with van der Waals surface area (Å²) in [6, 6.07) is 4.72. The third-order valence-electron chi connectivity index (χ3n) is 4.94. The zero-order valence-electron chi connectivity index (χ0n) is 15.4. The minimum Gasteiger partial charge on any atom is -0.299 e. The van der Waals surface area contributed by atoms with Gasteiger partial charge in [0.25, 0.3) is 0 Å². The van der Waals surface area contributed by atoms with Crippen molar-refractivity contribution in [1.29, 1.82) is 0 Å². The van der Waals surface area contributed by atoms with E-state index < -0.39 is 16.0 Å². The lowest BCUT2D eigenvalue weighted by molar-refractivity contribution is -0.119. The number of halogens is 1.